The monoisotopic (exact) mass is 419 g/mol. The van der Waals surface area contributed by atoms with Crippen LogP contribution in [0.25, 0.3) is 5.69 Å². The fraction of sp³-hybridized carbons (Fsp3) is 0.286. The lowest BCUT2D eigenvalue weighted by Gasteiger charge is -2.10. The summed E-state index contributed by atoms with van der Waals surface area (Å²) in [5.74, 6) is 1.06. The van der Waals surface area contributed by atoms with E-state index in [1.165, 1.54) is 5.56 Å². The van der Waals surface area contributed by atoms with Crippen molar-refractivity contribution < 1.29 is 0 Å². The number of aryl methyl sites for hydroxylation is 1. The number of rotatable bonds is 3. The molecule has 2 heterocycles. The Bertz CT molecular complexity index is 995. The molecule has 0 spiro atoms. The summed E-state index contributed by atoms with van der Waals surface area (Å²) in [7, 11) is 0. The summed E-state index contributed by atoms with van der Waals surface area (Å²) in [6, 6.07) is 11.7. The van der Waals surface area contributed by atoms with Crippen LogP contribution in [-0.4, -0.2) is 16.3 Å². The van der Waals surface area contributed by atoms with Crippen LogP contribution in [0.15, 0.2) is 36.4 Å². The predicted octanol–water partition coefficient (Wildman–Crippen LogP) is 6.48. The molecule has 140 valence electrons. The largest absolute Gasteiger partial charge is 0.370 e. The standard InChI is InChI=1S/C21H20Cl3N3/c1-13-5-8-16(12-18(13)23)27-21-17(4-2-3-9-25-21)20(26-27)10-14-6-7-15(22)11-19(14)24/h5-8,11-12,25H,2-4,9-10H2,1H3. The first-order chi connectivity index (χ1) is 13.0. The van der Waals surface area contributed by atoms with Crippen LogP contribution in [0.2, 0.25) is 15.1 Å². The molecule has 0 unspecified atom stereocenters. The molecule has 0 radical (unpaired) electrons. The van der Waals surface area contributed by atoms with Gasteiger partial charge in [0.1, 0.15) is 5.82 Å². The Hall–Kier alpha value is -1.68. The van der Waals surface area contributed by atoms with E-state index in [0.717, 1.165) is 59.2 Å². The van der Waals surface area contributed by atoms with Gasteiger partial charge >= 0.3 is 0 Å². The van der Waals surface area contributed by atoms with Crippen LogP contribution in [0.5, 0.6) is 0 Å². The van der Waals surface area contributed by atoms with Crippen LogP contribution in [0.4, 0.5) is 5.82 Å². The lowest BCUT2D eigenvalue weighted by molar-refractivity contribution is 0.767. The zero-order chi connectivity index (χ0) is 19.0. The van der Waals surface area contributed by atoms with Crippen molar-refractivity contribution >= 4 is 40.6 Å². The summed E-state index contributed by atoms with van der Waals surface area (Å²) in [5, 5.41) is 10.6. The maximum atomic E-state index is 6.40. The first-order valence-corrected chi connectivity index (χ1v) is 10.2. The van der Waals surface area contributed by atoms with Gasteiger partial charge in [0.15, 0.2) is 0 Å². The second-order valence-electron chi connectivity index (χ2n) is 6.92. The quantitative estimate of drug-likeness (QED) is 0.525. The van der Waals surface area contributed by atoms with Gasteiger partial charge < -0.3 is 5.32 Å². The van der Waals surface area contributed by atoms with Crippen molar-refractivity contribution in [2.45, 2.75) is 32.6 Å². The molecule has 4 rings (SSSR count). The van der Waals surface area contributed by atoms with Gasteiger partial charge in [0.2, 0.25) is 0 Å². The maximum absolute atomic E-state index is 6.40. The van der Waals surface area contributed by atoms with Crippen LogP contribution >= 0.6 is 34.8 Å². The molecule has 0 bridgehead atoms. The lowest BCUT2D eigenvalue weighted by Crippen LogP contribution is -2.07. The molecule has 27 heavy (non-hydrogen) atoms. The molecule has 0 saturated heterocycles. The van der Waals surface area contributed by atoms with Gasteiger partial charge in [-0.1, -0.05) is 46.9 Å². The third-order valence-electron chi connectivity index (χ3n) is 4.99. The van der Waals surface area contributed by atoms with E-state index in [9.17, 15) is 0 Å². The second-order valence-corrected chi connectivity index (χ2v) is 8.17. The fourth-order valence-electron chi connectivity index (χ4n) is 3.46. The van der Waals surface area contributed by atoms with E-state index in [1.54, 1.807) is 6.07 Å². The van der Waals surface area contributed by atoms with Crippen molar-refractivity contribution in [3.63, 3.8) is 0 Å². The molecule has 0 saturated carbocycles. The summed E-state index contributed by atoms with van der Waals surface area (Å²) in [6.07, 6.45) is 3.96. The highest BCUT2D eigenvalue weighted by Gasteiger charge is 2.21. The highest BCUT2D eigenvalue weighted by Crippen LogP contribution is 2.32. The molecular weight excluding hydrogens is 401 g/mol. The minimum absolute atomic E-state index is 0.643. The number of benzene rings is 2. The molecule has 6 heteroatoms. The first-order valence-electron chi connectivity index (χ1n) is 9.08. The minimum Gasteiger partial charge on any atom is -0.370 e. The molecule has 1 N–H and O–H groups in total. The van der Waals surface area contributed by atoms with Crippen LogP contribution in [0, 0.1) is 6.92 Å². The molecule has 0 fully saturated rings. The molecule has 0 aliphatic carbocycles. The smallest absolute Gasteiger partial charge is 0.133 e. The highest BCUT2D eigenvalue weighted by atomic mass is 35.5. The molecular formula is C21H20Cl3N3. The minimum atomic E-state index is 0.643. The van der Waals surface area contributed by atoms with Crippen molar-refractivity contribution in [2.75, 3.05) is 11.9 Å². The van der Waals surface area contributed by atoms with Gasteiger partial charge in [0.05, 0.1) is 11.4 Å². The normalized spacial score (nSPS) is 13.8. The lowest BCUT2D eigenvalue weighted by atomic mass is 10.0. The van der Waals surface area contributed by atoms with Crippen molar-refractivity contribution in [2.24, 2.45) is 0 Å². The third kappa shape index (κ3) is 3.82. The Morgan fingerprint density at radius 1 is 1.04 bits per heavy atom. The van der Waals surface area contributed by atoms with E-state index in [1.807, 2.05) is 35.9 Å². The van der Waals surface area contributed by atoms with Gasteiger partial charge in [-0.3, -0.25) is 0 Å². The Balaban J connectivity index is 1.80. The number of aromatic nitrogens is 2. The van der Waals surface area contributed by atoms with E-state index in [-0.39, 0.29) is 0 Å². The highest BCUT2D eigenvalue weighted by molar-refractivity contribution is 6.35. The van der Waals surface area contributed by atoms with Gasteiger partial charge in [0.25, 0.3) is 0 Å². The number of nitrogens with one attached hydrogen (secondary N) is 1. The van der Waals surface area contributed by atoms with E-state index in [4.69, 9.17) is 39.9 Å². The summed E-state index contributed by atoms with van der Waals surface area (Å²) >= 11 is 18.8. The summed E-state index contributed by atoms with van der Waals surface area (Å²) in [5.41, 5.74) is 5.35. The molecule has 1 aliphatic heterocycles. The molecule has 3 nitrogen and oxygen atoms in total. The summed E-state index contributed by atoms with van der Waals surface area (Å²) < 4.78 is 1.98. The Labute approximate surface area is 174 Å². The van der Waals surface area contributed by atoms with Gasteiger partial charge in [-0.15, -0.1) is 0 Å². The zero-order valence-corrected chi connectivity index (χ0v) is 17.3. The van der Waals surface area contributed by atoms with E-state index >= 15 is 0 Å². The number of fused-ring (bicyclic) bond motifs is 1. The van der Waals surface area contributed by atoms with Crippen LogP contribution in [-0.2, 0) is 12.8 Å². The average molecular weight is 421 g/mol. The topological polar surface area (TPSA) is 29.9 Å². The summed E-state index contributed by atoms with van der Waals surface area (Å²) in [6.45, 7) is 2.95. The molecule has 1 aromatic heterocycles. The number of halogens is 3. The average Bonchev–Trinajstić information content (AvgIpc) is 2.81. The molecule has 3 aromatic rings. The van der Waals surface area contributed by atoms with Crippen LogP contribution < -0.4 is 5.32 Å². The first kappa shape index (κ1) is 18.7. The number of nitrogens with zero attached hydrogens (tertiary/aromatic N) is 2. The second kappa shape index (κ2) is 7.75. The molecule has 0 amide bonds. The van der Waals surface area contributed by atoms with Crippen molar-refractivity contribution in [3.05, 3.63) is 73.9 Å². The van der Waals surface area contributed by atoms with Gasteiger partial charge in [-0.05, 0) is 61.6 Å². The van der Waals surface area contributed by atoms with Crippen molar-refractivity contribution in [1.82, 2.24) is 9.78 Å². The predicted molar refractivity (Wildman–Crippen MR) is 114 cm³/mol. The summed E-state index contributed by atoms with van der Waals surface area (Å²) in [4.78, 5) is 0. The Morgan fingerprint density at radius 2 is 1.89 bits per heavy atom. The van der Waals surface area contributed by atoms with Crippen molar-refractivity contribution in [1.29, 1.82) is 0 Å². The molecule has 2 aromatic carbocycles. The maximum Gasteiger partial charge on any atom is 0.133 e. The van der Waals surface area contributed by atoms with Gasteiger partial charge in [-0.25, -0.2) is 4.68 Å². The van der Waals surface area contributed by atoms with E-state index in [2.05, 4.69) is 11.4 Å². The molecule has 0 atom stereocenters. The number of hydrogen-bond donors (Lipinski definition) is 1. The fourth-order valence-corrected chi connectivity index (χ4v) is 4.11. The third-order valence-corrected chi connectivity index (χ3v) is 5.98. The molecule has 1 aliphatic rings. The van der Waals surface area contributed by atoms with Crippen molar-refractivity contribution in [3.8, 4) is 5.69 Å². The van der Waals surface area contributed by atoms with E-state index < -0.39 is 0 Å². The Kier molecular flexibility index (Phi) is 5.36. The Morgan fingerprint density at radius 3 is 2.67 bits per heavy atom. The number of hydrogen-bond acceptors (Lipinski definition) is 2. The zero-order valence-electron chi connectivity index (χ0n) is 15.0. The van der Waals surface area contributed by atoms with Gasteiger partial charge in [-0.2, -0.15) is 5.10 Å². The van der Waals surface area contributed by atoms with Crippen LogP contribution in [0.3, 0.4) is 0 Å². The SMILES string of the molecule is Cc1ccc(-n2nc(Cc3ccc(Cl)cc3Cl)c3c2NCCCC3)cc1Cl. The van der Waals surface area contributed by atoms with Gasteiger partial charge in [0, 0.05) is 33.6 Å². The van der Waals surface area contributed by atoms with Crippen LogP contribution in [0.1, 0.15) is 35.2 Å². The van der Waals surface area contributed by atoms with E-state index in [0.29, 0.717) is 16.5 Å². The number of anilines is 1.